The van der Waals surface area contributed by atoms with Crippen molar-refractivity contribution in [1.29, 1.82) is 0 Å². The molecule has 0 N–H and O–H groups in total. The van der Waals surface area contributed by atoms with E-state index in [9.17, 15) is 9.59 Å². The van der Waals surface area contributed by atoms with Crippen LogP contribution >= 0.6 is 0 Å². The number of carbonyl (C=O) groups excluding carboxylic acids is 1. The molecule has 1 amide bonds. The van der Waals surface area contributed by atoms with Gasteiger partial charge in [0.15, 0.2) is 0 Å². The summed E-state index contributed by atoms with van der Waals surface area (Å²) in [5.41, 5.74) is 3.19. The van der Waals surface area contributed by atoms with Crippen LogP contribution in [0, 0.1) is 6.92 Å². The van der Waals surface area contributed by atoms with Crippen molar-refractivity contribution in [2.24, 2.45) is 0 Å². The molecule has 2 aromatic heterocycles. The van der Waals surface area contributed by atoms with Gasteiger partial charge in [-0.2, -0.15) is 0 Å². The molecule has 0 aliphatic heterocycles. The number of benzene rings is 3. The Morgan fingerprint density at radius 3 is 2.34 bits per heavy atom. The number of hydrogen-bond acceptors (Lipinski definition) is 4. The summed E-state index contributed by atoms with van der Waals surface area (Å²) in [6, 6.07) is 28.1. The smallest absolute Gasteiger partial charge is 0.266 e. The summed E-state index contributed by atoms with van der Waals surface area (Å²) in [4.78, 5) is 34.8. The average molecular weight is 506 g/mol. The van der Waals surface area contributed by atoms with Crippen LogP contribution in [0.3, 0.4) is 0 Å². The maximum absolute atomic E-state index is 14.2. The Morgan fingerprint density at radius 1 is 0.947 bits per heavy atom. The van der Waals surface area contributed by atoms with E-state index >= 15 is 0 Å². The molecule has 0 saturated carbocycles. The minimum absolute atomic E-state index is 0.0412. The Bertz CT molecular complexity index is 1590. The molecule has 0 fully saturated rings. The second kappa shape index (κ2) is 10.9. The van der Waals surface area contributed by atoms with Gasteiger partial charge in [0.25, 0.3) is 5.56 Å². The van der Waals surface area contributed by atoms with Crippen LogP contribution in [-0.4, -0.2) is 20.4 Å². The van der Waals surface area contributed by atoms with Crippen LogP contribution in [0.1, 0.15) is 54.9 Å². The Morgan fingerprint density at radius 2 is 1.66 bits per heavy atom. The molecule has 192 valence electrons. The zero-order valence-electron chi connectivity index (χ0n) is 21.9. The molecule has 6 heteroatoms. The lowest BCUT2D eigenvalue weighted by Gasteiger charge is -2.33. The normalized spacial score (nSPS) is 12.8. The highest BCUT2D eigenvalue weighted by molar-refractivity contribution is 5.84. The van der Waals surface area contributed by atoms with Gasteiger partial charge in [0.2, 0.25) is 5.91 Å². The molecule has 3 aromatic carbocycles. The first-order valence-corrected chi connectivity index (χ1v) is 12.9. The Kier molecular flexibility index (Phi) is 7.22. The second-order valence-electron chi connectivity index (χ2n) is 9.56. The predicted octanol–water partition coefficient (Wildman–Crippen LogP) is 6.57. The fourth-order valence-corrected chi connectivity index (χ4v) is 4.93. The molecular formula is C32H31N3O3. The lowest BCUT2D eigenvalue weighted by atomic mass is 9.94. The number of hydrogen-bond donors (Lipinski definition) is 0. The van der Waals surface area contributed by atoms with E-state index in [1.54, 1.807) is 21.8 Å². The SMILES string of the molecule is CCC(C(=O)N(Cc1ccco1)C(C)c1nc2ccccc2c(=O)n1-c1ccc(C)cc1)c1ccccc1. The van der Waals surface area contributed by atoms with E-state index in [1.165, 1.54) is 0 Å². The van der Waals surface area contributed by atoms with Gasteiger partial charge in [-0.05, 0) is 62.2 Å². The molecule has 0 saturated heterocycles. The molecule has 5 rings (SSSR count). The summed E-state index contributed by atoms with van der Waals surface area (Å²) in [5.74, 6) is 0.785. The van der Waals surface area contributed by atoms with Crippen molar-refractivity contribution in [1.82, 2.24) is 14.5 Å². The van der Waals surface area contributed by atoms with E-state index in [-0.39, 0.29) is 23.9 Å². The topological polar surface area (TPSA) is 68.3 Å². The van der Waals surface area contributed by atoms with Gasteiger partial charge in [-0.15, -0.1) is 0 Å². The molecule has 38 heavy (non-hydrogen) atoms. The van der Waals surface area contributed by atoms with Crippen LogP contribution in [0.25, 0.3) is 16.6 Å². The Hall–Kier alpha value is -4.45. The van der Waals surface area contributed by atoms with Gasteiger partial charge in [-0.25, -0.2) is 4.98 Å². The number of aromatic nitrogens is 2. The van der Waals surface area contributed by atoms with Crippen LogP contribution < -0.4 is 5.56 Å². The van der Waals surface area contributed by atoms with Crippen molar-refractivity contribution in [3.05, 3.63) is 130 Å². The maximum atomic E-state index is 14.2. The van der Waals surface area contributed by atoms with Crippen molar-refractivity contribution < 1.29 is 9.21 Å². The fourth-order valence-electron chi connectivity index (χ4n) is 4.93. The molecule has 6 nitrogen and oxygen atoms in total. The number of aryl methyl sites for hydroxylation is 1. The van der Waals surface area contributed by atoms with Gasteiger partial charge >= 0.3 is 0 Å². The number of nitrogens with zero attached hydrogens (tertiary/aromatic N) is 3. The first-order chi connectivity index (χ1) is 18.5. The average Bonchev–Trinajstić information content (AvgIpc) is 3.46. The first-order valence-electron chi connectivity index (χ1n) is 12.9. The monoisotopic (exact) mass is 505 g/mol. The van der Waals surface area contributed by atoms with Crippen LogP contribution in [0.5, 0.6) is 0 Å². The molecule has 0 aliphatic carbocycles. The van der Waals surface area contributed by atoms with Crippen molar-refractivity contribution >= 4 is 16.8 Å². The van der Waals surface area contributed by atoms with E-state index in [1.807, 2.05) is 106 Å². The number of furan rings is 1. The summed E-state index contributed by atoms with van der Waals surface area (Å²) in [6.07, 6.45) is 2.24. The Labute approximate surface area is 222 Å². The van der Waals surface area contributed by atoms with Crippen molar-refractivity contribution in [3.8, 4) is 5.69 Å². The highest BCUT2D eigenvalue weighted by Gasteiger charge is 2.32. The summed E-state index contributed by atoms with van der Waals surface area (Å²) in [5, 5.41) is 0.531. The molecule has 0 spiro atoms. The quantitative estimate of drug-likeness (QED) is 0.239. The van der Waals surface area contributed by atoms with Gasteiger partial charge in [-0.3, -0.25) is 14.2 Å². The zero-order valence-corrected chi connectivity index (χ0v) is 21.9. The van der Waals surface area contributed by atoms with Gasteiger partial charge in [0, 0.05) is 0 Å². The first kappa shape index (κ1) is 25.2. The number of amides is 1. The van der Waals surface area contributed by atoms with Crippen molar-refractivity contribution in [2.75, 3.05) is 0 Å². The largest absolute Gasteiger partial charge is 0.467 e. The summed E-state index contributed by atoms with van der Waals surface area (Å²) in [7, 11) is 0. The number of carbonyl (C=O) groups is 1. The van der Waals surface area contributed by atoms with Crippen LogP contribution in [0.4, 0.5) is 0 Å². The molecule has 2 unspecified atom stereocenters. The summed E-state index contributed by atoms with van der Waals surface area (Å²) >= 11 is 0. The summed E-state index contributed by atoms with van der Waals surface area (Å²) < 4.78 is 7.30. The molecule has 2 atom stereocenters. The molecule has 0 bridgehead atoms. The number of para-hydroxylation sites is 1. The van der Waals surface area contributed by atoms with Crippen molar-refractivity contribution in [2.45, 2.75) is 45.7 Å². The van der Waals surface area contributed by atoms with Gasteiger partial charge in [0.05, 0.1) is 41.4 Å². The fraction of sp³-hybridized carbons (Fsp3) is 0.219. The lowest BCUT2D eigenvalue weighted by Crippen LogP contribution is -2.39. The lowest BCUT2D eigenvalue weighted by molar-refractivity contribution is -0.136. The molecule has 0 radical (unpaired) electrons. The van der Waals surface area contributed by atoms with E-state index < -0.39 is 6.04 Å². The molecule has 2 heterocycles. The molecular weight excluding hydrogens is 474 g/mol. The predicted molar refractivity (Wildman–Crippen MR) is 149 cm³/mol. The Balaban J connectivity index is 1.68. The maximum Gasteiger partial charge on any atom is 0.266 e. The second-order valence-corrected chi connectivity index (χ2v) is 9.56. The van der Waals surface area contributed by atoms with Gasteiger partial charge < -0.3 is 9.32 Å². The van der Waals surface area contributed by atoms with E-state index in [0.717, 1.165) is 11.1 Å². The van der Waals surface area contributed by atoms with Crippen LogP contribution in [0.2, 0.25) is 0 Å². The zero-order chi connectivity index (χ0) is 26.6. The third-order valence-corrected chi connectivity index (χ3v) is 7.03. The highest BCUT2D eigenvalue weighted by Crippen LogP contribution is 2.30. The minimum Gasteiger partial charge on any atom is -0.467 e. The van der Waals surface area contributed by atoms with E-state index in [0.29, 0.717) is 34.6 Å². The van der Waals surface area contributed by atoms with Crippen LogP contribution in [0.15, 0.2) is 106 Å². The summed E-state index contributed by atoms with van der Waals surface area (Å²) in [6.45, 7) is 6.21. The third kappa shape index (κ3) is 4.90. The molecule has 0 aliphatic rings. The third-order valence-electron chi connectivity index (χ3n) is 7.03. The van der Waals surface area contributed by atoms with E-state index in [4.69, 9.17) is 9.40 Å². The minimum atomic E-state index is -0.524. The number of fused-ring (bicyclic) bond motifs is 1. The standard InChI is InChI=1S/C32H31N3O3/c1-4-27(24-11-6-5-7-12-24)31(36)34(21-26-13-10-20-38-26)23(3)30-33-29-15-9-8-14-28(29)32(37)35(30)25-18-16-22(2)17-19-25/h5-20,23,27H,4,21H2,1-3H3. The van der Waals surface area contributed by atoms with E-state index in [2.05, 4.69) is 0 Å². The van der Waals surface area contributed by atoms with Gasteiger partial charge in [0.1, 0.15) is 11.6 Å². The highest BCUT2D eigenvalue weighted by atomic mass is 16.3. The van der Waals surface area contributed by atoms with Crippen LogP contribution in [-0.2, 0) is 11.3 Å². The van der Waals surface area contributed by atoms with Gasteiger partial charge in [-0.1, -0.05) is 67.1 Å². The molecule has 5 aromatic rings. The van der Waals surface area contributed by atoms with Crippen molar-refractivity contribution in [3.63, 3.8) is 0 Å². The number of rotatable bonds is 8.